The van der Waals surface area contributed by atoms with Gasteiger partial charge in [-0.1, -0.05) is 48.9 Å². The van der Waals surface area contributed by atoms with Crippen LogP contribution in [0.5, 0.6) is 11.5 Å². The molecule has 0 bridgehead atoms. The van der Waals surface area contributed by atoms with E-state index in [1.165, 1.54) is 24.1 Å². The van der Waals surface area contributed by atoms with Gasteiger partial charge in [0, 0.05) is 24.7 Å². The van der Waals surface area contributed by atoms with Gasteiger partial charge in [0.2, 0.25) is 11.8 Å². The van der Waals surface area contributed by atoms with Crippen molar-refractivity contribution in [2.75, 3.05) is 31.1 Å². The van der Waals surface area contributed by atoms with E-state index in [0.29, 0.717) is 36.2 Å². The minimum absolute atomic E-state index is 0.0234. The summed E-state index contributed by atoms with van der Waals surface area (Å²) in [4.78, 5) is 28.1. The average Bonchev–Trinajstić information content (AvgIpc) is 2.96. The van der Waals surface area contributed by atoms with Crippen molar-refractivity contribution < 1.29 is 27.5 Å². The highest BCUT2D eigenvalue weighted by Gasteiger charge is 2.34. The number of amides is 2. The molecule has 1 aliphatic rings. The molecule has 9 nitrogen and oxygen atoms in total. The first-order chi connectivity index (χ1) is 18.7. The summed E-state index contributed by atoms with van der Waals surface area (Å²) in [6, 6.07) is 18.7. The second kappa shape index (κ2) is 12.4. The van der Waals surface area contributed by atoms with Crippen LogP contribution in [0.15, 0.2) is 77.7 Å². The van der Waals surface area contributed by atoms with Crippen LogP contribution in [0.25, 0.3) is 0 Å². The van der Waals surface area contributed by atoms with Crippen LogP contribution >= 0.6 is 11.6 Å². The number of anilines is 1. The predicted octanol–water partition coefficient (Wildman–Crippen LogP) is 3.86. The molecular weight excluding hydrogens is 542 g/mol. The Morgan fingerprint density at radius 2 is 1.64 bits per heavy atom. The lowest BCUT2D eigenvalue weighted by atomic mass is 10.1. The maximum absolute atomic E-state index is 13.9. The highest BCUT2D eigenvalue weighted by molar-refractivity contribution is 7.92. The van der Waals surface area contributed by atoms with Gasteiger partial charge >= 0.3 is 0 Å². The monoisotopic (exact) mass is 571 g/mol. The molecule has 0 unspecified atom stereocenters. The number of nitrogens with one attached hydrogen (secondary N) is 1. The quantitative estimate of drug-likeness (QED) is 0.396. The van der Waals surface area contributed by atoms with Gasteiger partial charge in [-0.3, -0.25) is 13.9 Å². The van der Waals surface area contributed by atoms with Gasteiger partial charge in [-0.25, -0.2) is 8.42 Å². The van der Waals surface area contributed by atoms with E-state index in [9.17, 15) is 18.0 Å². The van der Waals surface area contributed by atoms with Crippen molar-refractivity contribution in [1.29, 1.82) is 0 Å². The molecule has 0 saturated heterocycles. The van der Waals surface area contributed by atoms with Crippen molar-refractivity contribution in [3.05, 3.63) is 83.4 Å². The summed E-state index contributed by atoms with van der Waals surface area (Å²) in [5.41, 5.74) is 0.975. The van der Waals surface area contributed by atoms with E-state index >= 15 is 0 Å². The molecule has 1 atom stereocenters. The number of benzene rings is 3. The molecule has 0 aromatic heterocycles. The van der Waals surface area contributed by atoms with Crippen molar-refractivity contribution >= 4 is 39.1 Å². The molecule has 0 saturated carbocycles. The zero-order valence-corrected chi connectivity index (χ0v) is 23.2. The summed E-state index contributed by atoms with van der Waals surface area (Å²) in [6.45, 7) is 2.04. The third kappa shape index (κ3) is 6.46. The maximum Gasteiger partial charge on any atom is 0.264 e. The van der Waals surface area contributed by atoms with Crippen LogP contribution in [0.1, 0.15) is 18.9 Å². The largest absolute Gasteiger partial charge is 0.486 e. The molecule has 2 amide bonds. The summed E-state index contributed by atoms with van der Waals surface area (Å²) in [6.07, 6.45) is 0.328. The molecule has 206 valence electrons. The normalized spacial score (nSPS) is 13.3. The number of hydrogen-bond donors (Lipinski definition) is 1. The van der Waals surface area contributed by atoms with Gasteiger partial charge in [0.05, 0.1) is 10.6 Å². The number of carbonyl (C=O) groups excluding carboxylic acids is 2. The highest BCUT2D eigenvalue weighted by Crippen LogP contribution is 2.36. The summed E-state index contributed by atoms with van der Waals surface area (Å²) >= 11 is 6.03. The van der Waals surface area contributed by atoms with Crippen LogP contribution in [0.4, 0.5) is 5.69 Å². The standard InChI is InChI=1S/C28H30ClN3O6S/c1-3-24(28(34)30-2)31(18-20-9-11-21(29)12-10-20)27(33)19-32(39(35,36)23-7-5-4-6-8-23)22-13-14-25-26(17-22)38-16-15-37-25/h4-14,17,24H,3,15-16,18-19H2,1-2H3,(H,30,34)/t24-/m0/s1. The van der Waals surface area contributed by atoms with E-state index in [4.69, 9.17) is 21.1 Å². The number of ether oxygens (including phenoxy) is 2. The highest BCUT2D eigenvalue weighted by atomic mass is 35.5. The topological polar surface area (TPSA) is 105 Å². The Morgan fingerprint density at radius 1 is 0.974 bits per heavy atom. The zero-order chi connectivity index (χ0) is 28.0. The van der Waals surface area contributed by atoms with Crippen LogP contribution in [0.3, 0.4) is 0 Å². The van der Waals surface area contributed by atoms with E-state index < -0.39 is 28.5 Å². The van der Waals surface area contributed by atoms with Gasteiger partial charge in [-0.15, -0.1) is 0 Å². The van der Waals surface area contributed by atoms with Crippen LogP contribution < -0.4 is 19.1 Å². The summed E-state index contributed by atoms with van der Waals surface area (Å²) < 4.78 is 40.0. The number of fused-ring (bicyclic) bond motifs is 1. The van der Waals surface area contributed by atoms with Gasteiger partial charge in [-0.2, -0.15) is 0 Å². The van der Waals surface area contributed by atoms with Crippen LogP contribution in [0.2, 0.25) is 5.02 Å². The number of sulfonamides is 1. The summed E-state index contributed by atoms with van der Waals surface area (Å²) in [7, 11) is -2.68. The number of nitrogens with zero attached hydrogens (tertiary/aromatic N) is 2. The van der Waals surface area contributed by atoms with Crippen LogP contribution in [-0.2, 0) is 26.2 Å². The second-order valence-electron chi connectivity index (χ2n) is 8.84. The minimum atomic E-state index is -4.17. The molecular formula is C28H30ClN3O6S. The Bertz CT molecular complexity index is 1420. The zero-order valence-electron chi connectivity index (χ0n) is 21.7. The number of likely N-dealkylation sites (N-methyl/N-ethyl adjacent to an activating group) is 1. The fraction of sp³-hybridized carbons (Fsp3) is 0.286. The molecule has 0 aliphatic carbocycles. The maximum atomic E-state index is 13.9. The molecule has 11 heteroatoms. The van der Waals surface area contributed by atoms with E-state index in [2.05, 4.69) is 5.32 Å². The van der Waals surface area contributed by atoms with Crippen molar-refractivity contribution in [2.45, 2.75) is 30.8 Å². The molecule has 3 aromatic rings. The number of hydrogen-bond acceptors (Lipinski definition) is 6. The molecule has 1 aliphatic heterocycles. The molecule has 1 heterocycles. The van der Waals surface area contributed by atoms with Crippen molar-refractivity contribution in [2.24, 2.45) is 0 Å². The molecule has 1 N–H and O–H groups in total. The third-order valence-electron chi connectivity index (χ3n) is 6.32. The summed E-state index contributed by atoms with van der Waals surface area (Å²) in [5.74, 6) is -0.0240. The summed E-state index contributed by atoms with van der Waals surface area (Å²) in [5, 5.41) is 3.14. The number of rotatable bonds is 10. The Kier molecular flexibility index (Phi) is 8.98. The smallest absolute Gasteiger partial charge is 0.264 e. The number of halogens is 1. The Labute approximate surface area is 233 Å². The van der Waals surface area contributed by atoms with E-state index in [-0.39, 0.29) is 23.0 Å². The van der Waals surface area contributed by atoms with Gasteiger partial charge < -0.3 is 19.7 Å². The lowest BCUT2D eigenvalue weighted by Gasteiger charge is -2.33. The Hall–Kier alpha value is -3.76. The van der Waals surface area contributed by atoms with Crippen molar-refractivity contribution in [3.8, 4) is 11.5 Å². The van der Waals surface area contributed by atoms with Gasteiger partial charge in [0.25, 0.3) is 10.0 Å². The first kappa shape index (κ1) is 28.3. The Balaban J connectivity index is 1.75. The molecule has 0 radical (unpaired) electrons. The van der Waals surface area contributed by atoms with E-state index in [0.717, 1.165) is 9.87 Å². The average molecular weight is 572 g/mol. The van der Waals surface area contributed by atoms with Crippen molar-refractivity contribution in [3.63, 3.8) is 0 Å². The first-order valence-electron chi connectivity index (χ1n) is 12.5. The van der Waals surface area contributed by atoms with Gasteiger partial charge in [0.15, 0.2) is 11.5 Å². The Morgan fingerprint density at radius 3 is 2.28 bits per heavy atom. The van der Waals surface area contributed by atoms with Crippen LogP contribution in [0, 0.1) is 0 Å². The predicted molar refractivity (Wildman–Crippen MR) is 149 cm³/mol. The molecule has 4 rings (SSSR count). The third-order valence-corrected chi connectivity index (χ3v) is 8.36. The number of carbonyl (C=O) groups is 2. The minimum Gasteiger partial charge on any atom is -0.486 e. The molecule has 0 fully saturated rings. The van der Waals surface area contributed by atoms with Crippen molar-refractivity contribution in [1.82, 2.24) is 10.2 Å². The SMILES string of the molecule is CC[C@@H](C(=O)NC)N(Cc1ccc(Cl)cc1)C(=O)CN(c1ccc2c(c1)OCCO2)S(=O)(=O)c1ccccc1. The van der Waals surface area contributed by atoms with Gasteiger partial charge in [0.1, 0.15) is 25.8 Å². The lowest BCUT2D eigenvalue weighted by molar-refractivity contribution is -0.140. The van der Waals surface area contributed by atoms with E-state index in [1.807, 2.05) is 0 Å². The van der Waals surface area contributed by atoms with Gasteiger partial charge in [-0.05, 0) is 48.4 Å². The fourth-order valence-electron chi connectivity index (χ4n) is 4.31. The van der Waals surface area contributed by atoms with E-state index in [1.54, 1.807) is 67.6 Å². The molecule has 3 aromatic carbocycles. The molecule has 0 spiro atoms. The lowest BCUT2D eigenvalue weighted by Crippen LogP contribution is -2.51. The second-order valence-corrected chi connectivity index (χ2v) is 11.1. The first-order valence-corrected chi connectivity index (χ1v) is 14.3. The fourth-order valence-corrected chi connectivity index (χ4v) is 5.86. The molecule has 39 heavy (non-hydrogen) atoms. The van der Waals surface area contributed by atoms with Crippen LogP contribution in [-0.4, -0.2) is 58.0 Å².